The number of sulfonamides is 1. The Hall–Kier alpha value is -2.70. The van der Waals surface area contributed by atoms with Crippen LogP contribution in [0.2, 0.25) is 0 Å². The van der Waals surface area contributed by atoms with Gasteiger partial charge in [0.05, 0.1) is 6.54 Å². The minimum absolute atomic E-state index is 0.0279. The van der Waals surface area contributed by atoms with Crippen molar-refractivity contribution in [3.05, 3.63) is 35.7 Å². The summed E-state index contributed by atoms with van der Waals surface area (Å²) in [5.74, 6) is -0.0185. The summed E-state index contributed by atoms with van der Waals surface area (Å²) >= 11 is 0.779. The smallest absolute Gasteiger partial charge is 0.272 e. The van der Waals surface area contributed by atoms with Gasteiger partial charge in [-0.3, -0.25) is 4.79 Å². The molecule has 10 nitrogen and oxygen atoms in total. The number of nitrogens with zero attached hydrogens (tertiary/aromatic N) is 5. The van der Waals surface area contributed by atoms with E-state index in [4.69, 9.17) is 4.52 Å². The lowest BCUT2D eigenvalue weighted by Crippen LogP contribution is -2.26. The van der Waals surface area contributed by atoms with Gasteiger partial charge in [0.2, 0.25) is 27.1 Å². The van der Waals surface area contributed by atoms with Gasteiger partial charge >= 0.3 is 0 Å². The van der Waals surface area contributed by atoms with Crippen LogP contribution in [0.5, 0.6) is 0 Å². The molecular formula is C20H26N6O4S2. The first-order chi connectivity index (χ1) is 14.9. The molecule has 1 amide bonds. The normalized spacial score (nSPS) is 12.5. The molecule has 0 atom stereocenters. The number of nitrogens with one attached hydrogen (secondary N) is 1. The first-order valence-corrected chi connectivity index (χ1v) is 12.2. The van der Waals surface area contributed by atoms with Gasteiger partial charge < -0.3 is 9.84 Å². The lowest BCUT2D eigenvalue weighted by atomic mass is 9.87. The third-order valence-electron chi connectivity index (χ3n) is 4.63. The third-order valence-corrected chi connectivity index (χ3v) is 7.62. The number of carbonyl (C=O) groups excluding carboxylic acids is 1. The van der Waals surface area contributed by atoms with Crippen molar-refractivity contribution < 1.29 is 17.7 Å². The Morgan fingerprint density at radius 1 is 1.19 bits per heavy atom. The maximum atomic E-state index is 12.8. The Morgan fingerprint density at radius 2 is 1.84 bits per heavy atom. The molecule has 0 aliphatic heterocycles. The predicted molar refractivity (Wildman–Crippen MR) is 120 cm³/mol. The van der Waals surface area contributed by atoms with Gasteiger partial charge in [0, 0.05) is 18.5 Å². The van der Waals surface area contributed by atoms with Crippen molar-refractivity contribution in [2.24, 2.45) is 5.92 Å². The molecule has 0 spiro atoms. The number of amides is 1. The summed E-state index contributed by atoms with van der Waals surface area (Å²) in [7, 11) is -2.57. The molecule has 1 N–H and O–H groups in total. The zero-order valence-corrected chi connectivity index (χ0v) is 20.4. The maximum Gasteiger partial charge on any atom is 0.272 e. The molecule has 0 bridgehead atoms. The van der Waals surface area contributed by atoms with E-state index in [9.17, 15) is 13.2 Å². The second-order valence-corrected chi connectivity index (χ2v) is 11.8. The molecule has 32 heavy (non-hydrogen) atoms. The van der Waals surface area contributed by atoms with E-state index in [1.807, 2.05) is 24.3 Å². The minimum Gasteiger partial charge on any atom is -0.338 e. The Labute approximate surface area is 191 Å². The van der Waals surface area contributed by atoms with Crippen LogP contribution < -0.4 is 5.32 Å². The van der Waals surface area contributed by atoms with Crippen molar-refractivity contribution in [1.82, 2.24) is 24.6 Å². The fourth-order valence-corrected chi connectivity index (χ4v) is 4.79. The monoisotopic (exact) mass is 478 g/mol. The van der Waals surface area contributed by atoms with Crippen molar-refractivity contribution in [2.75, 3.05) is 12.4 Å². The molecule has 172 valence electrons. The Bertz CT molecular complexity index is 1190. The highest BCUT2D eigenvalue weighted by Crippen LogP contribution is 2.26. The summed E-state index contributed by atoms with van der Waals surface area (Å²) in [6.45, 7) is 9.69. The molecule has 1 aromatic carbocycles. The van der Waals surface area contributed by atoms with Gasteiger partial charge in [0.15, 0.2) is 0 Å². The molecule has 0 fully saturated rings. The minimum atomic E-state index is -3.95. The summed E-state index contributed by atoms with van der Waals surface area (Å²) in [6.07, 6.45) is 0. The Balaban J connectivity index is 1.71. The highest BCUT2D eigenvalue weighted by molar-refractivity contribution is 7.91. The van der Waals surface area contributed by atoms with E-state index in [-0.39, 0.29) is 39.1 Å². The van der Waals surface area contributed by atoms with E-state index in [0.717, 1.165) is 21.2 Å². The first kappa shape index (κ1) is 24.0. The van der Waals surface area contributed by atoms with E-state index in [1.165, 1.54) is 12.6 Å². The maximum absolute atomic E-state index is 12.8. The second kappa shape index (κ2) is 9.04. The van der Waals surface area contributed by atoms with Gasteiger partial charge in [0.1, 0.15) is 0 Å². The average molecular weight is 479 g/mol. The van der Waals surface area contributed by atoms with Crippen LogP contribution in [0.4, 0.5) is 5.13 Å². The molecule has 2 heterocycles. The van der Waals surface area contributed by atoms with Crippen molar-refractivity contribution in [3.8, 4) is 11.4 Å². The van der Waals surface area contributed by atoms with Crippen LogP contribution in [-0.2, 0) is 26.8 Å². The molecule has 0 radical (unpaired) electrons. The van der Waals surface area contributed by atoms with Crippen LogP contribution >= 0.6 is 11.3 Å². The molecule has 2 aromatic heterocycles. The van der Waals surface area contributed by atoms with E-state index in [1.54, 1.807) is 13.8 Å². The molecule has 0 saturated carbocycles. The van der Waals surface area contributed by atoms with Crippen LogP contribution in [0.25, 0.3) is 11.4 Å². The quantitative estimate of drug-likeness (QED) is 0.512. The number of aromatic nitrogens is 4. The molecule has 0 unspecified atom stereocenters. The molecule has 3 aromatic rings. The molecule has 0 aliphatic rings. The van der Waals surface area contributed by atoms with E-state index >= 15 is 0 Å². The van der Waals surface area contributed by atoms with Crippen molar-refractivity contribution >= 4 is 32.4 Å². The van der Waals surface area contributed by atoms with Gasteiger partial charge in [0.25, 0.3) is 10.0 Å². The summed E-state index contributed by atoms with van der Waals surface area (Å²) in [4.78, 5) is 16.1. The molecular weight excluding hydrogens is 452 g/mol. The van der Waals surface area contributed by atoms with E-state index in [0.29, 0.717) is 5.82 Å². The second-order valence-electron chi connectivity index (χ2n) is 8.62. The van der Waals surface area contributed by atoms with Gasteiger partial charge in [-0.2, -0.15) is 9.29 Å². The summed E-state index contributed by atoms with van der Waals surface area (Å²) in [6, 6.07) is 7.83. The number of rotatable bonds is 7. The van der Waals surface area contributed by atoms with Gasteiger partial charge in [-0.25, -0.2) is 8.42 Å². The zero-order valence-electron chi connectivity index (χ0n) is 18.8. The molecule has 12 heteroatoms. The Morgan fingerprint density at radius 3 is 2.44 bits per heavy atom. The number of carbonyl (C=O) groups is 1. The number of hydrogen-bond donors (Lipinski definition) is 1. The average Bonchev–Trinajstić information content (AvgIpc) is 3.37. The SMILES string of the molecule is CC(C)C(=O)Nc1nnc(S(=O)(=O)N(C)Cc2nc(-c3ccc(C(C)(C)C)cc3)no2)s1. The number of anilines is 1. The largest absolute Gasteiger partial charge is 0.338 e. The highest BCUT2D eigenvalue weighted by atomic mass is 32.2. The standard InChI is InChI=1S/C20H26N6O4S2/c1-12(2)17(27)22-18-23-24-19(31-18)32(28,29)26(6)11-15-21-16(25-30-15)13-7-9-14(10-8-13)20(3,4)5/h7-10,12H,11H2,1-6H3,(H,22,23,27). The van der Waals surface area contributed by atoms with Gasteiger partial charge in [-0.15, -0.1) is 10.2 Å². The van der Waals surface area contributed by atoms with Crippen LogP contribution in [0.15, 0.2) is 33.1 Å². The summed E-state index contributed by atoms with van der Waals surface area (Å²) in [5, 5.41) is 14.1. The van der Waals surface area contributed by atoms with Crippen LogP contribution in [0, 0.1) is 5.92 Å². The van der Waals surface area contributed by atoms with E-state index < -0.39 is 10.0 Å². The lowest BCUT2D eigenvalue weighted by Gasteiger charge is -2.18. The lowest BCUT2D eigenvalue weighted by molar-refractivity contribution is -0.118. The molecule has 0 saturated heterocycles. The van der Waals surface area contributed by atoms with Crippen LogP contribution in [-0.4, -0.2) is 46.0 Å². The molecule has 3 rings (SSSR count). The number of hydrogen-bond acceptors (Lipinski definition) is 9. The van der Waals surface area contributed by atoms with Gasteiger partial charge in [-0.05, 0) is 11.0 Å². The van der Waals surface area contributed by atoms with Crippen molar-refractivity contribution in [3.63, 3.8) is 0 Å². The van der Waals surface area contributed by atoms with Gasteiger partial charge in [-0.1, -0.05) is 75.4 Å². The third kappa shape index (κ3) is 5.37. The predicted octanol–water partition coefficient (Wildman–Crippen LogP) is 3.30. The van der Waals surface area contributed by atoms with Crippen LogP contribution in [0.1, 0.15) is 46.1 Å². The topological polar surface area (TPSA) is 131 Å². The zero-order chi connectivity index (χ0) is 23.7. The number of benzene rings is 1. The van der Waals surface area contributed by atoms with E-state index in [2.05, 4.69) is 46.4 Å². The Kier molecular flexibility index (Phi) is 6.77. The summed E-state index contributed by atoms with van der Waals surface area (Å²) in [5.41, 5.74) is 1.98. The highest BCUT2D eigenvalue weighted by Gasteiger charge is 2.28. The van der Waals surface area contributed by atoms with Crippen molar-refractivity contribution in [1.29, 1.82) is 0 Å². The fourth-order valence-electron chi connectivity index (χ4n) is 2.58. The molecule has 0 aliphatic carbocycles. The fraction of sp³-hybridized carbons (Fsp3) is 0.450. The van der Waals surface area contributed by atoms with Crippen LogP contribution in [0.3, 0.4) is 0 Å². The first-order valence-electron chi connectivity index (χ1n) is 9.92. The van der Waals surface area contributed by atoms with Crippen molar-refractivity contribution in [2.45, 2.75) is 50.9 Å². The summed E-state index contributed by atoms with van der Waals surface area (Å²) < 4.78 is 31.7.